The van der Waals surface area contributed by atoms with Crippen molar-refractivity contribution in [2.24, 2.45) is 29.6 Å². The Bertz CT molecular complexity index is 900. The van der Waals surface area contributed by atoms with Crippen LogP contribution in [0.25, 0.3) is 0 Å². The van der Waals surface area contributed by atoms with Crippen LogP contribution in [0.5, 0.6) is 0 Å². The minimum atomic E-state index is -0.505. The smallest absolute Gasteiger partial charge is 0.407 e. The number of carbonyl (C=O) groups is 2. The molecule has 5 aliphatic rings. The lowest BCUT2D eigenvalue weighted by molar-refractivity contribution is -0.142. The summed E-state index contributed by atoms with van der Waals surface area (Å²) in [5, 5.41) is 13.1. The van der Waals surface area contributed by atoms with Gasteiger partial charge in [0.1, 0.15) is 5.60 Å². The molecule has 4 saturated carbocycles. The third kappa shape index (κ3) is 4.64. The number of ether oxygens (including phenoxy) is 1. The molecule has 1 aromatic rings. The van der Waals surface area contributed by atoms with Crippen molar-refractivity contribution in [1.29, 1.82) is 0 Å². The van der Waals surface area contributed by atoms with E-state index in [0.29, 0.717) is 42.0 Å². The zero-order chi connectivity index (χ0) is 23.3. The van der Waals surface area contributed by atoms with Crippen molar-refractivity contribution in [3.05, 3.63) is 35.4 Å². The molecule has 6 unspecified atom stereocenters. The average Bonchev–Trinajstić information content (AvgIpc) is 3.50. The second kappa shape index (κ2) is 8.61. The molecule has 1 aromatic carbocycles. The third-order valence-corrected chi connectivity index (χ3v) is 8.46. The number of aliphatic hydroxyl groups is 1. The fourth-order valence-electron chi connectivity index (χ4n) is 6.91. The molecule has 6 atom stereocenters. The van der Waals surface area contributed by atoms with E-state index in [1.807, 2.05) is 26.8 Å². The maximum atomic E-state index is 13.4. The summed E-state index contributed by atoms with van der Waals surface area (Å²) >= 11 is 0. The van der Waals surface area contributed by atoms with E-state index in [1.165, 1.54) is 12.0 Å². The molecule has 4 aliphatic carbocycles. The summed E-state index contributed by atoms with van der Waals surface area (Å²) in [5.74, 6) is 2.80. The number of carbonyl (C=O) groups excluding carboxylic acids is 2. The van der Waals surface area contributed by atoms with E-state index in [9.17, 15) is 14.7 Å². The summed E-state index contributed by atoms with van der Waals surface area (Å²) in [6, 6.07) is 8.41. The highest BCUT2D eigenvalue weighted by Gasteiger charge is 2.65. The van der Waals surface area contributed by atoms with Crippen molar-refractivity contribution in [3.63, 3.8) is 0 Å². The topological polar surface area (TPSA) is 78.9 Å². The van der Waals surface area contributed by atoms with Crippen LogP contribution < -0.4 is 5.32 Å². The second-order valence-corrected chi connectivity index (χ2v) is 11.7. The predicted octanol–water partition coefficient (Wildman–Crippen LogP) is 4.07. The van der Waals surface area contributed by atoms with Crippen molar-refractivity contribution in [3.8, 4) is 0 Å². The lowest BCUT2D eigenvalue weighted by atomic mass is 9.64. The number of rotatable bonds is 4. The molecule has 0 radical (unpaired) electrons. The molecule has 2 amide bonds. The molecule has 0 spiro atoms. The van der Waals surface area contributed by atoms with E-state index in [2.05, 4.69) is 28.4 Å². The molecule has 6 rings (SSSR count). The number of benzene rings is 1. The maximum absolute atomic E-state index is 13.4. The second-order valence-electron chi connectivity index (χ2n) is 11.7. The van der Waals surface area contributed by atoms with Crippen LogP contribution >= 0.6 is 0 Å². The maximum Gasteiger partial charge on any atom is 0.407 e. The lowest BCUT2D eigenvalue weighted by Crippen LogP contribution is -2.47. The lowest BCUT2D eigenvalue weighted by Gasteiger charge is -2.43. The monoisotopic (exact) mass is 454 g/mol. The Labute approximate surface area is 197 Å². The predicted molar refractivity (Wildman–Crippen MR) is 125 cm³/mol. The van der Waals surface area contributed by atoms with E-state index < -0.39 is 11.7 Å². The van der Waals surface area contributed by atoms with Gasteiger partial charge < -0.3 is 20.1 Å². The number of aliphatic hydroxyl groups excluding tert-OH is 1. The Morgan fingerprint density at radius 3 is 2.58 bits per heavy atom. The zero-order valence-corrected chi connectivity index (χ0v) is 20.1. The standard InChI is InChI=1S/C27H38N2O4/c1-27(2,3)33-26(32)28-15-16-5-4-6-18(13-16)17-9-11-29(12-10-17)25(31)21-14-19-7-8-20(21)23-22(19)24(23)30/h4-6,13,17,19-24,30H,7-12,14-15H2,1-3H3,(H,28,32). The first-order chi connectivity index (χ1) is 15.7. The highest BCUT2D eigenvalue weighted by molar-refractivity contribution is 5.80. The zero-order valence-electron chi connectivity index (χ0n) is 20.1. The van der Waals surface area contributed by atoms with Crippen LogP contribution in [-0.4, -0.2) is 46.8 Å². The molecule has 5 fully saturated rings. The number of likely N-dealkylation sites (tertiary alicyclic amines) is 1. The van der Waals surface area contributed by atoms with Crippen molar-refractivity contribution >= 4 is 12.0 Å². The number of alkyl carbamates (subject to hydrolysis) is 1. The van der Waals surface area contributed by atoms with Gasteiger partial charge in [-0.2, -0.15) is 0 Å². The average molecular weight is 455 g/mol. The van der Waals surface area contributed by atoms with Gasteiger partial charge in [0.2, 0.25) is 5.91 Å². The number of amides is 2. The SMILES string of the molecule is CC(C)(C)OC(=O)NCc1cccc(C2CCN(C(=O)C3CC4CCC3C3C(O)C43)CC2)c1. The van der Waals surface area contributed by atoms with Crippen molar-refractivity contribution in [1.82, 2.24) is 10.2 Å². The highest BCUT2D eigenvalue weighted by Crippen LogP contribution is 2.64. The molecule has 6 heteroatoms. The minimum absolute atomic E-state index is 0.136. The van der Waals surface area contributed by atoms with Gasteiger partial charge in [-0.3, -0.25) is 4.79 Å². The van der Waals surface area contributed by atoms with Crippen molar-refractivity contribution in [2.75, 3.05) is 13.1 Å². The van der Waals surface area contributed by atoms with Crippen LogP contribution in [0.15, 0.2) is 24.3 Å². The van der Waals surface area contributed by atoms with Gasteiger partial charge in [-0.25, -0.2) is 4.79 Å². The summed E-state index contributed by atoms with van der Waals surface area (Å²) in [7, 11) is 0. The van der Waals surface area contributed by atoms with Gasteiger partial charge in [0, 0.05) is 25.6 Å². The quantitative estimate of drug-likeness (QED) is 0.719. The fraction of sp³-hybridized carbons (Fsp3) is 0.704. The number of hydrogen-bond acceptors (Lipinski definition) is 4. The third-order valence-electron chi connectivity index (χ3n) is 8.46. The van der Waals surface area contributed by atoms with Gasteiger partial charge in [0.15, 0.2) is 0 Å². The normalized spacial score (nSPS) is 33.4. The molecular weight excluding hydrogens is 416 g/mol. The first kappa shape index (κ1) is 22.7. The van der Waals surface area contributed by atoms with E-state index in [1.54, 1.807) is 0 Å². The van der Waals surface area contributed by atoms with Gasteiger partial charge in [-0.05, 0) is 93.6 Å². The highest BCUT2D eigenvalue weighted by atomic mass is 16.6. The molecule has 1 saturated heterocycles. The molecule has 1 aliphatic heterocycles. The summed E-state index contributed by atoms with van der Waals surface area (Å²) in [5.41, 5.74) is 1.84. The fourth-order valence-corrected chi connectivity index (χ4v) is 6.91. The summed E-state index contributed by atoms with van der Waals surface area (Å²) in [6.07, 6.45) is 4.74. The Kier molecular flexibility index (Phi) is 5.92. The van der Waals surface area contributed by atoms with E-state index >= 15 is 0 Å². The van der Waals surface area contributed by atoms with Gasteiger partial charge in [-0.1, -0.05) is 24.3 Å². The summed E-state index contributed by atoms with van der Waals surface area (Å²) in [6.45, 7) is 7.64. The molecule has 180 valence electrons. The van der Waals surface area contributed by atoms with E-state index in [0.717, 1.165) is 44.3 Å². The summed E-state index contributed by atoms with van der Waals surface area (Å²) in [4.78, 5) is 27.4. The number of nitrogens with zero attached hydrogens (tertiary/aromatic N) is 1. The minimum Gasteiger partial charge on any atom is -0.444 e. The van der Waals surface area contributed by atoms with Crippen LogP contribution in [0.1, 0.15) is 69.9 Å². The molecule has 2 bridgehead atoms. The van der Waals surface area contributed by atoms with Crippen LogP contribution in [0.4, 0.5) is 4.79 Å². The van der Waals surface area contributed by atoms with Crippen LogP contribution in [0, 0.1) is 29.6 Å². The van der Waals surface area contributed by atoms with Crippen LogP contribution in [0.3, 0.4) is 0 Å². The van der Waals surface area contributed by atoms with Crippen LogP contribution in [0.2, 0.25) is 0 Å². The first-order valence-electron chi connectivity index (χ1n) is 12.7. The molecule has 6 nitrogen and oxygen atoms in total. The van der Waals surface area contributed by atoms with Gasteiger partial charge in [0.25, 0.3) is 0 Å². The van der Waals surface area contributed by atoms with Crippen LogP contribution in [-0.2, 0) is 16.1 Å². The summed E-state index contributed by atoms with van der Waals surface area (Å²) < 4.78 is 5.32. The molecule has 0 aromatic heterocycles. The van der Waals surface area contributed by atoms with E-state index in [-0.39, 0.29) is 12.0 Å². The van der Waals surface area contributed by atoms with Gasteiger partial charge >= 0.3 is 6.09 Å². The molecule has 2 N–H and O–H groups in total. The van der Waals surface area contributed by atoms with E-state index in [4.69, 9.17) is 4.74 Å². The largest absolute Gasteiger partial charge is 0.444 e. The number of nitrogens with one attached hydrogen (secondary N) is 1. The van der Waals surface area contributed by atoms with Gasteiger partial charge in [0.05, 0.1) is 6.10 Å². The Hall–Kier alpha value is -2.08. The number of fused-ring (bicyclic) bond motifs is 2. The Balaban J connectivity index is 1.14. The Morgan fingerprint density at radius 2 is 1.88 bits per heavy atom. The number of hydrogen-bond donors (Lipinski definition) is 2. The van der Waals surface area contributed by atoms with Crippen molar-refractivity contribution in [2.45, 2.75) is 77.0 Å². The first-order valence-corrected chi connectivity index (χ1v) is 12.7. The molecular formula is C27H38N2O4. The van der Waals surface area contributed by atoms with Gasteiger partial charge in [-0.15, -0.1) is 0 Å². The Morgan fingerprint density at radius 1 is 1.12 bits per heavy atom. The number of piperidine rings is 1. The molecule has 33 heavy (non-hydrogen) atoms. The van der Waals surface area contributed by atoms with Crippen molar-refractivity contribution < 1.29 is 19.4 Å². The molecule has 1 heterocycles.